The van der Waals surface area contributed by atoms with Crippen molar-refractivity contribution in [3.8, 4) is 22.9 Å². The van der Waals surface area contributed by atoms with Crippen LogP contribution in [0.4, 0.5) is 10.1 Å². The SMILES string of the molecule is O=C(Nc1ccc(Oc2ccc(-c3ccc(F)cc3)nn2)cc1)c1ccsc1. The number of carbonyl (C=O) groups excluding carboxylic acids is 1. The second kappa shape index (κ2) is 7.98. The molecule has 0 saturated carbocycles. The number of benzene rings is 2. The van der Waals surface area contributed by atoms with Gasteiger partial charge in [0.05, 0.1) is 11.3 Å². The molecule has 2 heterocycles. The Morgan fingerprint density at radius 1 is 0.929 bits per heavy atom. The van der Waals surface area contributed by atoms with Crippen molar-refractivity contribution >= 4 is 22.9 Å². The Kier molecular flexibility index (Phi) is 5.07. The number of hydrogen-bond acceptors (Lipinski definition) is 5. The number of ether oxygens (including phenoxy) is 1. The fraction of sp³-hybridized carbons (Fsp3) is 0. The van der Waals surface area contributed by atoms with Gasteiger partial charge in [0, 0.05) is 22.7 Å². The topological polar surface area (TPSA) is 64.1 Å². The van der Waals surface area contributed by atoms with Crippen LogP contribution in [0.15, 0.2) is 77.5 Å². The van der Waals surface area contributed by atoms with E-state index in [0.717, 1.165) is 5.56 Å². The van der Waals surface area contributed by atoms with Crippen LogP contribution in [0.1, 0.15) is 10.4 Å². The van der Waals surface area contributed by atoms with Gasteiger partial charge in [0.2, 0.25) is 5.88 Å². The first-order valence-electron chi connectivity index (χ1n) is 8.38. The highest BCUT2D eigenvalue weighted by Crippen LogP contribution is 2.23. The first-order chi connectivity index (χ1) is 13.7. The van der Waals surface area contributed by atoms with Crippen molar-refractivity contribution in [3.05, 3.63) is 88.9 Å². The van der Waals surface area contributed by atoms with Gasteiger partial charge in [-0.15, -0.1) is 10.2 Å². The Hall–Kier alpha value is -3.58. The van der Waals surface area contributed by atoms with Gasteiger partial charge in [-0.1, -0.05) is 0 Å². The molecular formula is C21H14FN3O2S. The van der Waals surface area contributed by atoms with Crippen LogP contribution in [-0.2, 0) is 0 Å². The lowest BCUT2D eigenvalue weighted by Gasteiger charge is -2.07. The summed E-state index contributed by atoms with van der Waals surface area (Å²) in [5, 5.41) is 14.6. The van der Waals surface area contributed by atoms with E-state index in [4.69, 9.17) is 4.74 Å². The van der Waals surface area contributed by atoms with Crippen molar-refractivity contribution in [3.63, 3.8) is 0 Å². The maximum absolute atomic E-state index is 13.0. The Morgan fingerprint density at radius 2 is 1.71 bits per heavy atom. The van der Waals surface area contributed by atoms with Crippen molar-refractivity contribution in [2.75, 3.05) is 5.32 Å². The van der Waals surface area contributed by atoms with Gasteiger partial charge >= 0.3 is 0 Å². The average Bonchev–Trinajstić information content (AvgIpc) is 3.26. The molecular weight excluding hydrogens is 377 g/mol. The number of nitrogens with zero attached hydrogens (tertiary/aromatic N) is 2. The lowest BCUT2D eigenvalue weighted by molar-refractivity contribution is 0.102. The second-order valence-electron chi connectivity index (χ2n) is 5.86. The maximum Gasteiger partial charge on any atom is 0.256 e. The van der Waals surface area contributed by atoms with Gasteiger partial charge in [-0.3, -0.25) is 4.79 Å². The molecule has 2 aromatic carbocycles. The molecule has 4 rings (SSSR count). The monoisotopic (exact) mass is 391 g/mol. The zero-order valence-electron chi connectivity index (χ0n) is 14.5. The first-order valence-corrected chi connectivity index (χ1v) is 9.33. The van der Waals surface area contributed by atoms with E-state index in [1.807, 2.05) is 5.38 Å². The van der Waals surface area contributed by atoms with Crippen molar-refractivity contribution in [2.45, 2.75) is 0 Å². The highest BCUT2D eigenvalue weighted by atomic mass is 32.1. The number of hydrogen-bond donors (Lipinski definition) is 1. The van der Waals surface area contributed by atoms with Gasteiger partial charge in [-0.2, -0.15) is 11.3 Å². The van der Waals surface area contributed by atoms with Crippen LogP contribution in [0.3, 0.4) is 0 Å². The van der Waals surface area contributed by atoms with Crippen LogP contribution in [0.5, 0.6) is 11.6 Å². The van der Waals surface area contributed by atoms with E-state index in [1.54, 1.807) is 60.0 Å². The molecule has 0 aliphatic carbocycles. The summed E-state index contributed by atoms with van der Waals surface area (Å²) in [6.07, 6.45) is 0. The highest BCUT2D eigenvalue weighted by molar-refractivity contribution is 7.08. The molecule has 0 aliphatic rings. The van der Waals surface area contributed by atoms with E-state index in [1.165, 1.54) is 23.5 Å². The van der Waals surface area contributed by atoms with E-state index < -0.39 is 0 Å². The summed E-state index contributed by atoms with van der Waals surface area (Å²) in [7, 11) is 0. The molecule has 0 aliphatic heterocycles. The Balaban J connectivity index is 1.40. The molecule has 4 aromatic rings. The van der Waals surface area contributed by atoms with Gasteiger partial charge in [-0.05, 0) is 66.0 Å². The third-order valence-corrected chi connectivity index (χ3v) is 4.58. The molecule has 0 saturated heterocycles. The minimum atomic E-state index is -0.299. The second-order valence-corrected chi connectivity index (χ2v) is 6.64. The first kappa shape index (κ1) is 17.8. The predicted octanol–water partition coefficient (Wildman–Crippen LogP) is 5.39. The number of nitrogens with one attached hydrogen (secondary N) is 1. The maximum atomic E-state index is 13.0. The number of anilines is 1. The smallest absolute Gasteiger partial charge is 0.256 e. The highest BCUT2D eigenvalue weighted by Gasteiger charge is 2.07. The molecule has 138 valence electrons. The van der Waals surface area contributed by atoms with Crippen molar-refractivity contribution in [1.29, 1.82) is 0 Å². The minimum Gasteiger partial charge on any atom is -0.438 e. The number of thiophene rings is 1. The molecule has 2 aromatic heterocycles. The molecule has 0 radical (unpaired) electrons. The fourth-order valence-electron chi connectivity index (χ4n) is 2.47. The predicted molar refractivity (Wildman–Crippen MR) is 106 cm³/mol. The normalized spacial score (nSPS) is 10.5. The van der Waals surface area contributed by atoms with E-state index in [9.17, 15) is 9.18 Å². The molecule has 5 nitrogen and oxygen atoms in total. The van der Waals surface area contributed by atoms with Crippen LogP contribution in [0, 0.1) is 5.82 Å². The van der Waals surface area contributed by atoms with Crippen molar-refractivity contribution in [1.82, 2.24) is 10.2 Å². The summed E-state index contributed by atoms with van der Waals surface area (Å²) < 4.78 is 18.7. The molecule has 0 spiro atoms. The molecule has 0 atom stereocenters. The zero-order valence-corrected chi connectivity index (χ0v) is 15.3. The number of rotatable bonds is 5. The van der Waals surface area contributed by atoms with Gasteiger partial charge in [-0.25, -0.2) is 4.39 Å². The Labute approximate surface area is 164 Å². The van der Waals surface area contributed by atoms with E-state index in [2.05, 4.69) is 15.5 Å². The van der Waals surface area contributed by atoms with Crippen LogP contribution >= 0.6 is 11.3 Å². The molecule has 0 fully saturated rings. The summed E-state index contributed by atoms with van der Waals surface area (Å²) in [5.41, 5.74) is 2.69. The minimum absolute atomic E-state index is 0.155. The summed E-state index contributed by atoms with van der Waals surface area (Å²) in [5.74, 6) is 0.446. The largest absolute Gasteiger partial charge is 0.438 e. The third-order valence-electron chi connectivity index (χ3n) is 3.90. The molecule has 1 amide bonds. The number of halogens is 1. The third kappa shape index (κ3) is 4.21. The van der Waals surface area contributed by atoms with Gasteiger partial charge in [0.1, 0.15) is 11.6 Å². The van der Waals surface area contributed by atoms with Crippen LogP contribution in [-0.4, -0.2) is 16.1 Å². The number of amides is 1. The number of carbonyl (C=O) groups is 1. The fourth-order valence-corrected chi connectivity index (χ4v) is 3.11. The molecule has 1 N–H and O–H groups in total. The van der Waals surface area contributed by atoms with Crippen LogP contribution in [0.25, 0.3) is 11.3 Å². The quantitative estimate of drug-likeness (QED) is 0.495. The van der Waals surface area contributed by atoms with Gasteiger partial charge in [0.25, 0.3) is 5.91 Å². The average molecular weight is 391 g/mol. The van der Waals surface area contributed by atoms with E-state index >= 15 is 0 Å². The summed E-state index contributed by atoms with van der Waals surface area (Å²) >= 11 is 1.47. The van der Waals surface area contributed by atoms with E-state index in [0.29, 0.717) is 28.6 Å². The molecule has 7 heteroatoms. The van der Waals surface area contributed by atoms with Crippen molar-refractivity contribution < 1.29 is 13.9 Å². The molecule has 0 unspecified atom stereocenters. The Morgan fingerprint density at radius 3 is 2.36 bits per heavy atom. The lowest BCUT2D eigenvalue weighted by atomic mass is 10.1. The van der Waals surface area contributed by atoms with E-state index in [-0.39, 0.29) is 11.7 Å². The summed E-state index contributed by atoms with van der Waals surface area (Å²) in [6, 6.07) is 18.2. The van der Waals surface area contributed by atoms with Gasteiger partial charge < -0.3 is 10.1 Å². The number of aromatic nitrogens is 2. The van der Waals surface area contributed by atoms with Gasteiger partial charge in [0.15, 0.2) is 0 Å². The van der Waals surface area contributed by atoms with Crippen LogP contribution < -0.4 is 10.1 Å². The standard InChI is InChI=1S/C21H14FN3O2S/c22-16-3-1-14(2-4-16)19-9-10-20(25-24-19)27-18-7-5-17(6-8-18)23-21(26)15-11-12-28-13-15/h1-13H,(H,23,26). The lowest BCUT2D eigenvalue weighted by Crippen LogP contribution is -2.10. The summed E-state index contributed by atoms with van der Waals surface area (Å²) in [6.45, 7) is 0. The zero-order chi connectivity index (χ0) is 19.3. The van der Waals surface area contributed by atoms with Crippen molar-refractivity contribution in [2.24, 2.45) is 0 Å². The molecule has 28 heavy (non-hydrogen) atoms. The molecule has 0 bridgehead atoms. The van der Waals surface area contributed by atoms with Crippen LogP contribution in [0.2, 0.25) is 0 Å². The summed E-state index contributed by atoms with van der Waals surface area (Å²) in [4.78, 5) is 12.0. The Bertz CT molecular complexity index is 1060.